The van der Waals surface area contributed by atoms with E-state index in [9.17, 15) is 4.79 Å². The summed E-state index contributed by atoms with van der Waals surface area (Å²) in [5.41, 5.74) is 19.8. The number of benzene rings is 6. The van der Waals surface area contributed by atoms with Crippen LogP contribution in [0.3, 0.4) is 0 Å². The second kappa shape index (κ2) is 30.6. The van der Waals surface area contributed by atoms with Gasteiger partial charge in [-0.25, -0.2) is 14.6 Å². The van der Waals surface area contributed by atoms with E-state index in [2.05, 4.69) is 209 Å². The first-order valence-electron chi connectivity index (χ1n) is 34.7. The maximum absolute atomic E-state index is 14.1. The van der Waals surface area contributed by atoms with E-state index in [1.807, 2.05) is 66.7 Å². The van der Waals surface area contributed by atoms with Gasteiger partial charge in [0.15, 0.2) is 28.7 Å². The lowest BCUT2D eigenvalue weighted by atomic mass is 9.86. The predicted octanol–water partition coefficient (Wildman–Crippen LogP) is 17.4. The van der Waals surface area contributed by atoms with Gasteiger partial charge in [0, 0.05) is 50.0 Å². The maximum atomic E-state index is 14.1. The lowest BCUT2D eigenvalue weighted by molar-refractivity contribution is 0.0223. The second-order valence-electron chi connectivity index (χ2n) is 28.4. The fraction of sp³-hybridized carbons (Fsp3) is 0.298. The molecule has 518 valence electrons. The number of carbonyl (C=O) groups excluding carboxylic acids is 1. The van der Waals surface area contributed by atoms with Crippen LogP contribution in [0.15, 0.2) is 170 Å². The molecule has 101 heavy (non-hydrogen) atoms. The Kier molecular flexibility index (Phi) is 20.9. The van der Waals surface area contributed by atoms with Crippen molar-refractivity contribution in [3.63, 3.8) is 0 Å². The van der Waals surface area contributed by atoms with Crippen molar-refractivity contribution in [2.75, 3.05) is 84.6 Å². The SMILES string of the molecule is CC(C)(C)c1ccc(-c2c3nc(c(-c4ccc(C(C)(C)C)cc4)c4ccc([nH]4)c(-c4ccc(C(C)(C)C)cc4)c4nc(c(-c5ccc(NC(=O)c6cn(Cc7ccc8c(c7)OCCOCCOCCOc7ccccc7OCCOCCOCCO8)nn6)cc5)c5ccc2[nH]5)C=C4)C=C3)cc1. The normalized spacial score (nSPS) is 14.7. The van der Waals surface area contributed by atoms with E-state index in [1.165, 1.54) is 16.7 Å². The molecule has 17 nitrogen and oxygen atoms in total. The van der Waals surface area contributed by atoms with E-state index < -0.39 is 5.91 Å². The van der Waals surface area contributed by atoms with Crippen molar-refractivity contribution < 1.29 is 42.7 Å². The Labute approximate surface area is 590 Å². The molecule has 0 saturated carbocycles. The summed E-state index contributed by atoms with van der Waals surface area (Å²) in [6.45, 7) is 24.7. The number of aromatic nitrogens is 7. The minimum Gasteiger partial charge on any atom is -0.487 e. The van der Waals surface area contributed by atoms with Crippen LogP contribution in [0.1, 0.15) is 118 Å². The third kappa shape index (κ3) is 16.7. The highest BCUT2D eigenvalue weighted by Gasteiger charge is 2.24. The monoisotopic (exact) mass is 1350 g/mol. The van der Waals surface area contributed by atoms with Crippen LogP contribution >= 0.6 is 0 Å². The zero-order valence-corrected chi connectivity index (χ0v) is 59.1. The first-order chi connectivity index (χ1) is 48.9. The van der Waals surface area contributed by atoms with Crippen LogP contribution in [0.4, 0.5) is 5.69 Å². The second-order valence-corrected chi connectivity index (χ2v) is 28.4. The summed E-state index contributed by atoms with van der Waals surface area (Å²) in [7, 11) is 0. The lowest BCUT2D eigenvalue weighted by Gasteiger charge is -2.19. The third-order valence-corrected chi connectivity index (χ3v) is 18.0. The summed E-state index contributed by atoms with van der Waals surface area (Å²) < 4.78 is 49.0. The van der Waals surface area contributed by atoms with E-state index >= 15 is 0 Å². The molecule has 3 aliphatic rings. The lowest BCUT2D eigenvalue weighted by Crippen LogP contribution is -2.15. The number of ether oxygens (including phenoxy) is 8. The van der Waals surface area contributed by atoms with Gasteiger partial charge < -0.3 is 53.2 Å². The van der Waals surface area contributed by atoms with Gasteiger partial charge in [0.05, 0.1) is 88.4 Å². The van der Waals surface area contributed by atoms with Crippen molar-refractivity contribution in [3.8, 4) is 67.5 Å². The molecule has 8 bridgehead atoms. The number of hydrogen-bond donors (Lipinski definition) is 3. The van der Waals surface area contributed by atoms with Crippen LogP contribution in [0, 0.1) is 0 Å². The highest BCUT2D eigenvalue weighted by Crippen LogP contribution is 2.41. The number of carbonyl (C=O) groups is 1. The van der Waals surface area contributed by atoms with Crippen LogP contribution in [-0.4, -0.2) is 120 Å². The van der Waals surface area contributed by atoms with Gasteiger partial charge in [-0.05, 0) is 146 Å². The Morgan fingerprint density at radius 3 is 1.11 bits per heavy atom. The van der Waals surface area contributed by atoms with Crippen molar-refractivity contribution in [1.29, 1.82) is 0 Å². The quantitative estimate of drug-likeness (QED) is 0.130. The van der Waals surface area contributed by atoms with Crippen LogP contribution in [-0.2, 0) is 41.7 Å². The molecule has 7 heterocycles. The number of H-pyrrole nitrogens is 2. The Morgan fingerprint density at radius 1 is 0.406 bits per heavy atom. The molecular weight excluding hydrogens is 1260 g/mol. The minimum atomic E-state index is -0.413. The summed E-state index contributed by atoms with van der Waals surface area (Å²) in [5.74, 6) is 1.95. The number of para-hydroxylation sites is 2. The zero-order valence-electron chi connectivity index (χ0n) is 59.1. The van der Waals surface area contributed by atoms with Crippen molar-refractivity contribution >= 4 is 58.0 Å². The van der Waals surface area contributed by atoms with Crippen LogP contribution in [0.5, 0.6) is 23.0 Å². The number of anilines is 1. The van der Waals surface area contributed by atoms with Gasteiger partial charge in [0.2, 0.25) is 0 Å². The molecule has 13 rings (SSSR count). The van der Waals surface area contributed by atoms with Crippen LogP contribution < -0.4 is 24.3 Å². The standard InChI is InChI=1S/C84H88N8O9/c1-82(2,3)60-23-15-56(16-24-60)77-64-31-33-66(86-64)78(57-17-25-61(26-18-57)83(4,5)6)68-35-37-70(88-68)80(71-38-36-69(89-71)79(67-34-32-65(77)87-67)58-19-27-62(28-20-58)84(7,8)9)59-21-29-63(30-22-59)85-81(93)72-54-92(91-90-72)53-55-14-39-75-76(52-55)101-51-47-97-43-42-95-45-49-99-74-13-11-10-12-73(74)98-48-44-94-40-41-96-46-50-100-75/h10-39,52,54,86,89H,40-51,53H2,1-9H3,(H,85,93). The number of hydrogen-bond acceptors (Lipinski definition) is 13. The largest absolute Gasteiger partial charge is 0.487 e. The van der Waals surface area contributed by atoms with E-state index in [0.717, 1.165) is 94.9 Å². The molecule has 0 radical (unpaired) electrons. The molecule has 3 aliphatic heterocycles. The van der Waals surface area contributed by atoms with Gasteiger partial charge in [-0.2, -0.15) is 0 Å². The first-order valence-corrected chi connectivity index (χ1v) is 34.7. The summed E-state index contributed by atoms with van der Waals surface area (Å²) in [5, 5.41) is 11.7. The molecule has 0 spiro atoms. The van der Waals surface area contributed by atoms with Gasteiger partial charge in [-0.3, -0.25) is 4.79 Å². The van der Waals surface area contributed by atoms with E-state index in [4.69, 9.17) is 47.9 Å². The third-order valence-electron chi connectivity index (χ3n) is 18.0. The first kappa shape index (κ1) is 69.1. The smallest absolute Gasteiger partial charge is 0.277 e. The Bertz CT molecular complexity index is 4740. The number of rotatable bonds is 8. The molecule has 4 aromatic heterocycles. The highest BCUT2D eigenvalue weighted by atomic mass is 16.6. The minimum absolute atomic E-state index is 0.0215. The average molecular weight is 1350 g/mol. The average Bonchev–Trinajstić information content (AvgIpc) is 1.63. The van der Waals surface area contributed by atoms with Crippen molar-refractivity contribution in [2.24, 2.45) is 0 Å². The Balaban J connectivity index is 0.793. The van der Waals surface area contributed by atoms with Gasteiger partial charge in [0.25, 0.3) is 5.91 Å². The number of amides is 1. The molecule has 0 unspecified atom stereocenters. The van der Waals surface area contributed by atoms with Crippen LogP contribution in [0.25, 0.3) is 90.9 Å². The summed E-state index contributed by atoms with van der Waals surface area (Å²) in [6, 6.07) is 56.3. The maximum Gasteiger partial charge on any atom is 0.277 e. The topological polar surface area (TPSA) is 191 Å². The van der Waals surface area contributed by atoms with Crippen molar-refractivity contribution in [3.05, 3.63) is 221 Å². The summed E-state index contributed by atoms with van der Waals surface area (Å²) in [4.78, 5) is 33.1. The number of nitrogens with zero attached hydrogens (tertiary/aromatic N) is 5. The molecule has 6 aromatic carbocycles. The summed E-state index contributed by atoms with van der Waals surface area (Å²) in [6.07, 6.45) is 10.1. The molecular formula is C84H88N8O9. The molecule has 1 amide bonds. The van der Waals surface area contributed by atoms with E-state index in [0.29, 0.717) is 101 Å². The zero-order chi connectivity index (χ0) is 70.1. The molecule has 0 atom stereocenters. The molecule has 0 fully saturated rings. The number of aromatic amines is 2. The number of fused-ring (bicyclic) bond motifs is 10. The van der Waals surface area contributed by atoms with Crippen molar-refractivity contribution in [1.82, 2.24) is 34.9 Å². The van der Waals surface area contributed by atoms with E-state index in [-0.39, 0.29) is 35.2 Å². The fourth-order valence-electron chi connectivity index (χ4n) is 12.5. The molecule has 17 heteroatoms. The van der Waals surface area contributed by atoms with Gasteiger partial charge in [-0.1, -0.05) is 171 Å². The fourth-order valence-corrected chi connectivity index (χ4v) is 12.5. The van der Waals surface area contributed by atoms with Crippen molar-refractivity contribution in [2.45, 2.75) is 85.1 Å². The Hall–Kier alpha value is -10.4. The van der Waals surface area contributed by atoms with Crippen LogP contribution in [0.2, 0.25) is 0 Å². The number of nitrogens with one attached hydrogen (secondary N) is 3. The Morgan fingerprint density at radius 2 is 0.743 bits per heavy atom. The molecule has 3 N–H and O–H groups in total. The summed E-state index contributed by atoms with van der Waals surface area (Å²) >= 11 is 0. The van der Waals surface area contributed by atoms with E-state index in [1.54, 1.807) is 10.9 Å². The molecule has 0 saturated heterocycles. The van der Waals surface area contributed by atoms with Gasteiger partial charge >= 0.3 is 0 Å². The predicted molar refractivity (Wildman–Crippen MR) is 402 cm³/mol. The highest BCUT2D eigenvalue weighted by molar-refractivity contribution is 6.03. The van der Waals surface area contributed by atoms with Gasteiger partial charge in [-0.15, -0.1) is 5.10 Å². The van der Waals surface area contributed by atoms with Gasteiger partial charge in [0.1, 0.15) is 26.4 Å². The molecule has 10 aromatic rings. The molecule has 0 aliphatic carbocycles.